The SMILES string of the molecule is N#Cc1ccccc1N1CCC(CNC(=O)C2CO2)CC1. The van der Waals surface area contributed by atoms with Crippen molar-refractivity contribution in [3.05, 3.63) is 29.8 Å². The lowest BCUT2D eigenvalue weighted by atomic mass is 9.96. The molecule has 1 aromatic carbocycles. The molecule has 5 nitrogen and oxygen atoms in total. The summed E-state index contributed by atoms with van der Waals surface area (Å²) < 4.78 is 4.96. The molecule has 2 saturated heterocycles. The second kappa shape index (κ2) is 6.15. The highest BCUT2D eigenvalue weighted by molar-refractivity contribution is 5.82. The zero-order valence-electron chi connectivity index (χ0n) is 11.9. The minimum atomic E-state index is -0.201. The van der Waals surface area contributed by atoms with Gasteiger partial charge >= 0.3 is 0 Å². The molecule has 1 atom stereocenters. The lowest BCUT2D eigenvalue weighted by Crippen LogP contribution is -2.39. The van der Waals surface area contributed by atoms with E-state index in [0.717, 1.165) is 43.7 Å². The van der Waals surface area contributed by atoms with Gasteiger partial charge in [0.25, 0.3) is 5.91 Å². The number of benzene rings is 1. The molecule has 21 heavy (non-hydrogen) atoms. The maximum absolute atomic E-state index is 11.5. The lowest BCUT2D eigenvalue weighted by Gasteiger charge is -2.34. The molecular weight excluding hydrogens is 266 g/mol. The largest absolute Gasteiger partial charge is 0.370 e. The van der Waals surface area contributed by atoms with E-state index in [2.05, 4.69) is 16.3 Å². The number of amides is 1. The number of nitrogens with zero attached hydrogens (tertiary/aromatic N) is 2. The van der Waals surface area contributed by atoms with E-state index in [1.807, 2.05) is 24.3 Å². The van der Waals surface area contributed by atoms with Gasteiger partial charge in [0.15, 0.2) is 6.10 Å². The normalized spacial score (nSPS) is 21.7. The maximum Gasteiger partial charge on any atom is 0.251 e. The van der Waals surface area contributed by atoms with Gasteiger partial charge in [0.1, 0.15) is 6.07 Å². The quantitative estimate of drug-likeness (QED) is 0.846. The summed E-state index contributed by atoms with van der Waals surface area (Å²) in [7, 11) is 0. The molecular formula is C16H19N3O2. The van der Waals surface area contributed by atoms with E-state index >= 15 is 0 Å². The fourth-order valence-corrected chi connectivity index (χ4v) is 2.78. The number of carbonyl (C=O) groups is 1. The highest BCUT2D eigenvalue weighted by atomic mass is 16.6. The summed E-state index contributed by atoms with van der Waals surface area (Å²) in [5.41, 5.74) is 1.75. The number of nitriles is 1. The molecule has 110 valence electrons. The number of piperidine rings is 1. The number of rotatable bonds is 4. The van der Waals surface area contributed by atoms with Crippen LogP contribution in [0.5, 0.6) is 0 Å². The number of para-hydroxylation sites is 1. The molecule has 0 aliphatic carbocycles. The predicted octanol–water partition coefficient (Wildman–Crippen LogP) is 1.29. The molecule has 0 saturated carbocycles. The Hall–Kier alpha value is -2.06. The molecule has 0 spiro atoms. The second-order valence-electron chi connectivity index (χ2n) is 5.63. The molecule has 0 aromatic heterocycles. The van der Waals surface area contributed by atoms with E-state index in [0.29, 0.717) is 12.5 Å². The van der Waals surface area contributed by atoms with Crippen LogP contribution < -0.4 is 10.2 Å². The van der Waals surface area contributed by atoms with E-state index in [4.69, 9.17) is 10.00 Å². The van der Waals surface area contributed by atoms with Gasteiger partial charge in [-0.1, -0.05) is 12.1 Å². The summed E-state index contributed by atoms with van der Waals surface area (Å²) in [6.07, 6.45) is 1.87. The van der Waals surface area contributed by atoms with Crippen LogP contribution in [0.1, 0.15) is 18.4 Å². The first-order chi connectivity index (χ1) is 10.3. The minimum Gasteiger partial charge on any atom is -0.370 e. The smallest absolute Gasteiger partial charge is 0.251 e. The van der Waals surface area contributed by atoms with Crippen LogP contribution in [0.25, 0.3) is 0 Å². The van der Waals surface area contributed by atoms with Crippen molar-refractivity contribution in [1.29, 1.82) is 5.26 Å². The maximum atomic E-state index is 11.5. The number of hydrogen-bond acceptors (Lipinski definition) is 4. The third-order valence-corrected chi connectivity index (χ3v) is 4.17. The summed E-state index contributed by atoms with van der Waals surface area (Å²) in [6, 6.07) is 9.98. The Morgan fingerprint density at radius 2 is 2.10 bits per heavy atom. The molecule has 1 amide bonds. The van der Waals surface area contributed by atoms with Crippen molar-refractivity contribution in [2.75, 3.05) is 31.1 Å². The van der Waals surface area contributed by atoms with Gasteiger partial charge in [-0.2, -0.15) is 5.26 Å². The molecule has 5 heteroatoms. The van der Waals surface area contributed by atoms with E-state index in [1.54, 1.807) is 0 Å². The van der Waals surface area contributed by atoms with Crippen molar-refractivity contribution in [2.45, 2.75) is 18.9 Å². The highest BCUT2D eigenvalue weighted by Gasteiger charge is 2.31. The zero-order valence-corrected chi connectivity index (χ0v) is 11.9. The molecule has 1 N–H and O–H groups in total. The zero-order chi connectivity index (χ0) is 14.7. The van der Waals surface area contributed by atoms with E-state index in [9.17, 15) is 4.79 Å². The Morgan fingerprint density at radius 1 is 1.38 bits per heavy atom. The van der Waals surface area contributed by atoms with E-state index < -0.39 is 0 Å². The Balaban J connectivity index is 1.50. The number of anilines is 1. The Bertz CT molecular complexity index is 555. The van der Waals surface area contributed by atoms with Gasteiger partial charge in [-0.3, -0.25) is 4.79 Å². The predicted molar refractivity (Wildman–Crippen MR) is 78.8 cm³/mol. The van der Waals surface area contributed by atoms with Crippen molar-refractivity contribution in [1.82, 2.24) is 5.32 Å². The van der Waals surface area contributed by atoms with Crippen LogP contribution in [0.4, 0.5) is 5.69 Å². The van der Waals surface area contributed by atoms with Gasteiger partial charge in [-0.15, -0.1) is 0 Å². The molecule has 2 fully saturated rings. The van der Waals surface area contributed by atoms with Gasteiger partial charge in [-0.25, -0.2) is 0 Å². The first-order valence-electron chi connectivity index (χ1n) is 7.41. The van der Waals surface area contributed by atoms with Gasteiger partial charge in [0, 0.05) is 19.6 Å². The van der Waals surface area contributed by atoms with E-state index in [-0.39, 0.29) is 12.0 Å². The Morgan fingerprint density at radius 3 is 2.76 bits per heavy atom. The summed E-state index contributed by atoms with van der Waals surface area (Å²) >= 11 is 0. The number of hydrogen-bond donors (Lipinski definition) is 1. The van der Waals surface area contributed by atoms with Crippen LogP contribution in [0.15, 0.2) is 24.3 Å². The highest BCUT2D eigenvalue weighted by Crippen LogP contribution is 2.25. The van der Waals surface area contributed by atoms with Crippen LogP contribution in [-0.4, -0.2) is 38.3 Å². The monoisotopic (exact) mass is 285 g/mol. The third-order valence-electron chi connectivity index (χ3n) is 4.17. The second-order valence-corrected chi connectivity index (χ2v) is 5.63. The van der Waals surface area contributed by atoms with Crippen LogP contribution in [-0.2, 0) is 9.53 Å². The van der Waals surface area contributed by atoms with Gasteiger partial charge in [0.05, 0.1) is 17.9 Å². The van der Waals surface area contributed by atoms with Crippen LogP contribution in [0, 0.1) is 17.2 Å². The molecule has 2 aliphatic rings. The van der Waals surface area contributed by atoms with Crippen molar-refractivity contribution in [3.8, 4) is 6.07 Å². The van der Waals surface area contributed by atoms with Gasteiger partial charge in [-0.05, 0) is 30.9 Å². The number of ether oxygens (including phenoxy) is 1. The number of nitrogens with one attached hydrogen (secondary N) is 1. The Labute approximate surface area is 124 Å². The number of epoxide rings is 1. The average Bonchev–Trinajstić information content (AvgIpc) is 3.38. The third kappa shape index (κ3) is 3.34. The van der Waals surface area contributed by atoms with Crippen molar-refractivity contribution >= 4 is 11.6 Å². The molecule has 0 bridgehead atoms. The average molecular weight is 285 g/mol. The van der Waals surface area contributed by atoms with Crippen molar-refractivity contribution < 1.29 is 9.53 Å². The van der Waals surface area contributed by atoms with Gasteiger partial charge < -0.3 is 15.0 Å². The van der Waals surface area contributed by atoms with Crippen LogP contribution in [0.2, 0.25) is 0 Å². The Kier molecular flexibility index (Phi) is 4.07. The number of carbonyl (C=O) groups excluding carboxylic acids is 1. The summed E-state index contributed by atoms with van der Waals surface area (Å²) in [4.78, 5) is 13.8. The van der Waals surface area contributed by atoms with Crippen LogP contribution in [0.3, 0.4) is 0 Å². The lowest BCUT2D eigenvalue weighted by molar-refractivity contribution is -0.122. The van der Waals surface area contributed by atoms with Crippen LogP contribution >= 0.6 is 0 Å². The molecule has 2 heterocycles. The standard InChI is InChI=1S/C16H19N3O2/c17-9-13-3-1-2-4-14(13)19-7-5-12(6-8-19)10-18-16(20)15-11-21-15/h1-4,12,15H,5-8,10-11H2,(H,18,20). The van der Waals surface area contributed by atoms with Gasteiger partial charge in [0.2, 0.25) is 0 Å². The summed E-state index contributed by atoms with van der Waals surface area (Å²) in [5, 5.41) is 12.1. The fraction of sp³-hybridized carbons (Fsp3) is 0.500. The fourth-order valence-electron chi connectivity index (χ4n) is 2.78. The van der Waals surface area contributed by atoms with E-state index in [1.165, 1.54) is 0 Å². The van der Waals surface area contributed by atoms with Crippen molar-refractivity contribution in [3.63, 3.8) is 0 Å². The molecule has 2 aliphatic heterocycles. The molecule has 1 aromatic rings. The summed E-state index contributed by atoms with van der Waals surface area (Å²) in [6.45, 7) is 3.15. The molecule has 3 rings (SSSR count). The topological polar surface area (TPSA) is 68.7 Å². The minimum absolute atomic E-state index is 0.0206. The van der Waals surface area contributed by atoms with Crippen molar-refractivity contribution in [2.24, 2.45) is 5.92 Å². The molecule has 0 radical (unpaired) electrons. The molecule has 1 unspecified atom stereocenters. The first kappa shape index (κ1) is 13.9. The first-order valence-corrected chi connectivity index (χ1v) is 7.41. The summed E-state index contributed by atoms with van der Waals surface area (Å²) in [5.74, 6) is 0.533.